The zero-order chi connectivity index (χ0) is 37.5. The third kappa shape index (κ3) is 46.2. The van der Waals surface area contributed by atoms with Crippen molar-refractivity contribution in [1.29, 1.82) is 0 Å². The van der Waals surface area contributed by atoms with Gasteiger partial charge < -0.3 is 0 Å². The summed E-state index contributed by atoms with van der Waals surface area (Å²) in [5, 5.41) is 0. The monoisotopic (exact) mass is 730 g/mol. The van der Waals surface area contributed by atoms with E-state index in [2.05, 4.69) is 27.2 Å². The molecule has 0 N–H and O–H groups in total. The van der Waals surface area contributed by atoms with E-state index < -0.39 is 0 Å². The lowest BCUT2D eigenvalue weighted by Gasteiger charge is -2.17. The molecule has 0 rings (SSSR count). The largest absolute Gasteiger partial charge is 0.0654 e. The first-order valence-electron chi connectivity index (χ1n) is 25.7. The van der Waals surface area contributed by atoms with Crippen LogP contribution < -0.4 is 0 Å². The molecule has 0 aromatic heterocycles. The molecular formula is C52H105. The second-order valence-electron chi connectivity index (χ2n) is 17.9. The van der Waals surface area contributed by atoms with Crippen molar-refractivity contribution in [3.05, 3.63) is 6.42 Å². The first-order valence-corrected chi connectivity index (χ1v) is 25.7. The van der Waals surface area contributed by atoms with Gasteiger partial charge >= 0.3 is 0 Å². The van der Waals surface area contributed by atoms with E-state index in [1.807, 2.05) is 0 Å². The van der Waals surface area contributed by atoms with Crippen LogP contribution in [0.5, 0.6) is 0 Å². The normalized spacial score (nSPS) is 11.8. The van der Waals surface area contributed by atoms with Crippen LogP contribution in [0.25, 0.3) is 0 Å². The van der Waals surface area contributed by atoms with Gasteiger partial charge in [0.05, 0.1) is 0 Å². The highest BCUT2D eigenvalue weighted by Crippen LogP contribution is 2.25. The number of hydrogen-bond acceptors (Lipinski definition) is 0. The lowest BCUT2D eigenvalue weighted by atomic mass is 9.89. The van der Waals surface area contributed by atoms with Crippen LogP contribution in [0.3, 0.4) is 0 Å². The minimum absolute atomic E-state index is 1.00. The van der Waals surface area contributed by atoms with Crippen molar-refractivity contribution in [2.75, 3.05) is 0 Å². The topological polar surface area (TPSA) is 0 Å². The Labute approximate surface area is 333 Å². The van der Waals surface area contributed by atoms with E-state index in [0.717, 1.165) is 5.92 Å². The van der Waals surface area contributed by atoms with E-state index in [1.165, 1.54) is 302 Å². The molecule has 0 saturated carbocycles. The summed E-state index contributed by atoms with van der Waals surface area (Å²) < 4.78 is 0. The van der Waals surface area contributed by atoms with Crippen LogP contribution in [0.1, 0.15) is 323 Å². The van der Waals surface area contributed by atoms with Crippen LogP contribution in [-0.4, -0.2) is 0 Å². The molecule has 0 heteroatoms. The summed E-state index contributed by atoms with van der Waals surface area (Å²) in [5.41, 5.74) is 0. The lowest BCUT2D eigenvalue weighted by molar-refractivity contribution is 0.377. The van der Waals surface area contributed by atoms with Gasteiger partial charge in [0.25, 0.3) is 0 Å². The summed E-state index contributed by atoms with van der Waals surface area (Å²) >= 11 is 0. The summed E-state index contributed by atoms with van der Waals surface area (Å²) in [6.45, 7) is 6.96. The van der Waals surface area contributed by atoms with Crippen LogP contribution in [-0.2, 0) is 0 Å². The average Bonchev–Trinajstić information content (AvgIpc) is 3.15. The van der Waals surface area contributed by atoms with Gasteiger partial charge in [0.1, 0.15) is 0 Å². The second kappa shape index (κ2) is 49.0. The van der Waals surface area contributed by atoms with Gasteiger partial charge in [0.15, 0.2) is 0 Å². The number of hydrogen-bond donors (Lipinski definition) is 0. The zero-order valence-electron chi connectivity index (χ0n) is 37.4. The van der Waals surface area contributed by atoms with Crippen molar-refractivity contribution in [2.45, 2.75) is 323 Å². The van der Waals surface area contributed by atoms with E-state index in [0.29, 0.717) is 0 Å². The zero-order valence-corrected chi connectivity index (χ0v) is 37.4. The molecule has 0 nitrogen and oxygen atoms in total. The third-order valence-electron chi connectivity index (χ3n) is 12.5. The minimum Gasteiger partial charge on any atom is -0.0654 e. The highest BCUT2D eigenvalue weighted by atomic mass is 14.1. The van der Waals surface area contributed by atoms with Crippen LogP contribution >= 0.6 is 0 Å². The summed E-state index contributed by atoms with van der Waals surface area (Å²) in [6, 6.07) is 0. The van der Waals surface area contributed by atoms with E-state index in [-0.39, 0.29) is 0 Å². The predicted molar refractivity (Wildman–Crippen MR) is 242 cm³/mol. The van der Waals surface area contributed by atoms with Crippen LogP contribution in [0.2, 0.25) is 0 Å². The Balaban J connectivity index is 3.92. The predicted octanol–water partition coefficient (Wildman–Crippen LogP) is 20.2. The average molecular weight is 730 g/mol. The van der Waals surface area contributed by atoms with Crippen LogP contribution in [0, 0.1) is 12.3 Å². The Morgan fingerprint density at radius 3 is 0.673 bits per heavy atom. The van der Waals surface area contributed by atoms with Gasteiger partial charge in [-0.25, -0.2) is 0 Å². The maximum atomic E-state index is 2.68. The molecule has 0 amide bonds. The maximum absolute atomic E-state index is 2.68. The number of rotatable bonds is 48. The van der Waals surface area contributed by atoms with Crippen molar-refractivity contribution in [1.82, 2.24) is 0 Å². The third-order valence-corrected chi connectivity index (χ3v) is 12.5. The first-order chi connectivity index (χ1) is 25.8. The fraction of sp³-hybridized carbons (Fsp3) is 0.981. The molecule has 0 aliphatic heterocycles. The first kappa shape index (κ1) is 52.0. The molecule has 0 spiro atoms. The molecule has 0 bridgehead atoms. The minimum atomic E-state index is 1.00. The second-order valence-corrected chi connectivity index (χ2v) is 17.9. The Bertz CT molecular complexity index is 543. The van der Waals surface area contributed by atoms with Gasteiger partial charge in [-0.1, -0.05) is 316 Å². The molecule has 0 aliphatic rings. The molecule has 0 saturated heterocycles. The molecule has 52 heavy (non-hydrogen) atoms. The highest BCUT2D eigenvalue weighted by Gasteiger charge is 2.09. The van der Waals surface area contributed by atoms with Gasteiger partial charge in [-0.05, 0) is 18.8 Å². The van der Waals surface area contributed by atoms with E-state index in [1.54, 1.807) is 0 Å². The molecule has 0 fully saturated rings. The molecule has 0 heterocycles. The van der Waals surface area contributed by atoms with Gasteiger partial charge in [0.2, 0.25) is 0 Å². The van der Waals surface area contributed by atoms with Gasteiger partial charge in [-0.3, -0.25) is 0 Å². The molecule has 0 aromatic rings. The molecule has 0 aliphatic carbocycles. The molecule has 0 aromatic carbocycles. The van der Waals surface area contributed by atoms with E-state index >= 15 is 0 Å². The standard InChI is InChI=1S/C52H105/c1-4-7-10-13-16-19-22-25-27-29-32-35-38-41-44-47-50-52(49-46-43-40-37-34-31-24-21-18-15-12-9-6-3)51-48-45-42-39-36-33-30-28-26-23-20-17-14-11-8-5-2/h43,52H,4-42,44-51H2,1-3H3. The molecule has 0 unspecified atom stereocenters. The molecular weight excluding hydrogens is 625 g/mol. The highest BCUT2D eigenvalue weighted by molar-refractivity contribution is 4.70. The Morgan fingerprint density at radius 2 is 0.423 bits per heavy atom. The Kier molecular flexibility index (Phi) is 49.0. The summed E-state index contributed by atoms with van der Waals surface area (Å²) in [5.74, 6) is 1.00. The smallest absolute Gasteiger partial charge is 0.0386 e. The number of unbranched alkanes of at least 4 members (excludes halogenated alkanes) is 42. The Morgan fingerprint density at radius 1 is 0.212 bits per heavy atom. The van der Waals surface area contributed by atoms with Gasteiger partial charge in [0, 0.05) is 0 Å². The Hall–Kier alpha value is 0. The molecule has 1 radical (unpaired) electrons. The maximum Gasteiger partial charge on any atom is -0.0386 e. The lowest BCUT2D eigenvalue weighted by Crippen LogP contribution is -2.02. The van der Waals surface area contributed by atoms with Crippen molar-refractivity contribution >= 4 is 0 Å². The van der Waals surface area contributed by atoms with Gasteiger partial charge in [-0.15, -0.1) is 0 Å². The van der Waals surface area contributed by atoms with Crippen LogP contribution in [0.4, 0.5) is 0 Å². The summed E-state index contributed by atoms with van der Waals surface area (Å²) in [4.78, 5) is 0. The summed E-state index contributed by atoms with van der Waals surface area (Å²) in [7, 11) is 0. The van der Waals surface area contributed by atoms with Crippen molar-refractivity contribution in [3.8, 4) is 0 Å². The fourth-order valence-electron chi connectivity index (χ4n) is 8.67. The molecule has 0 atom stereocenters. The van der Waals surface area contributed by atoms with Gasteiger partial charge in [-0.2, -0.15) is 0 Å². The van der Waals surface area contributed by atoms with Crippen molar-refractivity contribution < 1.29 is 0 Å². The van der Waals surface area contributed by atoms with Crippen LogP contribution in [0.15, 0.2) is 0 Å². The molecule has 313 valence electrons. The van der Waals surface area contributed by atoms with E-state index in [9.17, 15) is 0 Å². The summed E-state index contributed by atoms with van der Waals surface area (Å²) in [6.07, 6.45) is 71.9. The fourth-order valence-corrected chi connectivity index (χ4v) is 8.67. The SMILES string of the molecule is CCCCCCCCCCCC[CH]CCC(CCCCCCCCCCCCCCCCCC)CCCCCCCCCCCCCCCCCC. The van der Waals surface area contributed by atoms with Crippen molar-refractivity contribution in [3.63, 3.8) is 0 Å². The van der Waals surface area contributed by atoms with Crippen molar-refractivity contribution in [2.24, 2.45) is 5.92 Å². The van der Waals surface area contributed by atoms with E-state index in [4.69, 9.17) is 0 Å². The quantitative estimate of drug-likeness (QED) is 0.0547.